The van der Waals surface area contributed by atoms with Crippen molar-refractivity contribution in [2.75, 3.05) is 13.7 Å². The Hall–Kier alpha value is -1.08. The monoisotopic (exact) mass is 353 g/mol. The quantitative estimate of drug-likeness (QED) is 0.605. The number of thiazole rings is 1. The van der Waals surface area contributed by atoms with Gasteiger partial charge >= 0.3 is 0 Å². The maximum atomic E-state index is 6.08. The summed E-state index contributed by atoms with van der Waals surface area (Å²) in [6.45, 7) is 3.56. The lowest BCUT2D eigenvalue weighted by Gasteiger charge is -2.11. The first-order valence-corrected chi connectivity index (χ1v) is 9.03. The van der Waals surface area contributed by atoms with Crippen molar-refractivity contribution >= 4 is 45.7 Å². The highest BCUT2D eigenvalue weighted by Crippen LogP contribution is 2.37. The minimum atomic E-state index is 0.258. The minimum Gasteiger partial charge on any atom is -0.383 e. The van der Waals surface area contributed by atoms with E-state index in [1.807, 2.05) is 29.8 Å². The molecule has 0 aliphatic carbocycles. The molecule has 0 N–H and O–H groups in total. The molecule has 0 saturated carbocycles. The van der Waals surface area contributed by atoms with Gasteiger partial charge in [-0.15, -0.1) is 11.3 Å². The molecule has 3 aromatic rings. The lowest BCUT2D eigenvalue weighted by molar-refractivity contribution is 0.186. The smallest absolute Gasteiger partial charge is 0.169 e. The van der Waals surface area contributed by atoms with Crippen molar-refractivity contribution in [3.8, 4) is 0 Å². The summed E-state index contributed by atoms with van der Waals surface area (Å²) in [5.74, 6) is 0. The fourth-order valence-electron chi connectivity index (χ4n) is 2.21. The fourth-order valence-corrected chi connectivity index (χ4v) is 4.21. The molecule has 0 spiro atoms. The van der Waals surface area contributed by atoms with Crippen LogP contribution in [0.25, 0.3) is 11.0 Å². The second-order valence-electron chi connectivity index (χ2n) is 4.80. The van der Waals surface area contributed by atoms with E-state index in [0.29, 0.717) is 11.6 Å². The molecule has 0 fully saturated rings. The second kappa shape index (κ2) is 7.00. The fraction of sp³-hybridized carbons (Fsp3) is 0.333. The van der Waals surface area contributed by atoms with Gasteiger partial charge in [0.15, 0.2) is 5.16 Å². The average molecular weight is 354 g/mol. The van der Waals surface area contributed by atoms with Gasteiger partial charge in [-0.3, -0.25) is 0 Å². The Morgan fingerprint density at radius 2 is 2.32 bits per heavy atom. The lowest BCUT2D eigenvalue weighted by Crippen LogP contribution is -2.06. The molecule has 0 aliphatic rings. The number of rotatable bonds is 6. The number of halogens is 1. The first-order chi connectivity index (χ1) is 10.7. The molecular weight excluding hydrogens is 338 g/mol. The maximum Gasteiger partial charge on any atom is 0.169 e. The van der Waals surface area contributed by atoms with E-state index in [2.05, 4.69) is 16.5 Å². The van der Waals surface area contributed by atoms with Gasteiger partial charge in [0.05, 0.1) is 22.9 Å². The van der Waals surface area contributed by atoms with Crippen molar-refractivity contribution in [2.24, 2.45) is 0 Å². The second-order valence-corrected chi connectivity index (χ2v) is 7.47. The number of fused-ring (bicyclic) bond motifs is 1. The van der Waals surface area contributed by atoms with Crippen molar-refractivity contribution in [2.45, 2.75) is 23.9 Å². The predicted molar refractivity (Wildman–Crippen MR) is 93.0 cm³/mol. The summed E-state index contributed by atoms with van der Waals surface area (Å²) >= 11 is 9.46. The predicted octanol–water partition coefficient (Wildman–Crippen LogP) is 4.65. The molecule has 0 amide bonds. The average Bonchev–Trinajstić information content (AvgIpc) is 3.12. The van der Waals surface area contributed by atoms with Crippen LogP contribution in [0, 0.1) is 0 Å². The van der Waals surface area contributed by atoms with E-state index in [9.17, 15) is 0 Å². The number of hydrogen-bond donors (Lipinski definition) is 0. The SMILES string of the molecule is COCCn1c(SC(C)c2nccs2)nc2cc(Cl)ccc21. The third-order valence-electron chi connectivity index (χ3n) is 3.28. The van der Waals surface area contributed by atoms with Gasteiger partial charge in [0.25, 0.3) is 0 Å². The van der Waals surface area contributed by atoms with E-state index in [1.54, 1.807) is 30.2 Å². The van der Waals surface area contributed by atoms with Gasteiger partial charge in [-0.05, 0) is 25.1 Å². The van der Waals surface area contributed by atoms with Crippen LogP contribution in [0.1, 0.15) is 17.2 Å². The van der Waals surface area contributed by atoms with E-state index >= 15 is 0 Å². The van der Waals surface area contributed by atoms with Crippen LogP contribution in [0.5, 0.6) is 0 Å². The third-order valence-corrected chi connectivity index (χ3v) is 5.72. The summed E-state index contributed by atoms with van der Waals surface area (Å²) in [7, 11) is 1.71. The van der Waals surface area contributed by atoms with Crippen LogP contribution in [-0.2, 0) is 11.3 Å². The summed E-state index contributed by atoms with van der Waals surface area (Å²) in [6.07, 6.45) is 1.84. The first kappa shape index (κ1) is 15.8. The third kappa shape index (κ3) is 3.30. The highest BCUT2D eigenvalue weighted by atomic mass is 35.5. The van der Waals surface area contributed by atoms with Crippen LogP contribution in [0.3, 0.4) is 0 Å². The molecule has 2 aromatic heterocycles. The van der Waals surface area contributed by atoms with E-state index < -0.39 is 0 Å². The van der Waals surface area contributed by atoms with Crippen LogP contribution in [0.15, 0.2) is 34.9 Å². The van der Waals surface area contributed by atoms with Crippen LogP contribution in [0.2, 0.25) is 5.02 Å². The van der Waals surface area contributed by atoms with Gasteiger partial charge in [-0.2, -0.15) is 0 Å². The molecule has 0 aliphatic heterocycles. The Morgan fingerprint density at radius 1 is 1.45 bits per heavy atom. The number of nitrogens with zero attached hydrogens (tertiary/aromatic N) is 3. The Labute approximate surface area is 142 Å². The van der Waals surface area contributed by atoms with Crippen LogP contribution >= 0.6 is 34.7 Å². The normalized spacial score (nSPS) is 12.9. The number of imidazole rings is 1. The lowest BCUT2D eigenvalue weighted by atomic mass is 10.3. The summed E-state index contributed by atoms with van der Waals surface area (Å²) < 4.78 is 7.41. The van der Waals surface area contributed by atoms with E-state index in [0.717, 1.165) is 27.7 Å². The van der Waals surface area contributed by atoms with Crippen LogP contribution < -0.4 is 0 Å². The number of aromatic nitrogens is 3. The Kier molecular flexibility index (Phi) is 5.03. The zero-order valence-corrected chi connectivity index (χ0v) is 14.7. The standard InChI is InChI=1S/C15H16ClN3OS2/c1-10(14-17-5-8-21-14)22-15-18-12-9-11(16)3-4-13(12)19(15)6-7-20-2/h3-5,8-10H,6-7H2,1-2H3. The van der Waals surface area contributed by atoms with Crippen molar-refractivity contribution in [1.29, 1.82) is 0 Å². The van der Waals surface area contributed by atoms with E-state index in [-0.39, 0.29) is 5.25 Å². The maximum absolute atomic E-state index is 6.08. The van der Waals surface area contributed by atoms with Gasteiger partial charge in [0.2, 0.25) is 0 Å². The number of benzene rings is 1. The topological polar surface area (TPSA) is 39.9 Å². The van der Waals surface area contributed by atoms with Gasteiger partial charge in [-0.25, -0.2) is 9.97 Å². The Morgan fingerprint density at radius 3 is 3.05 bits per heavy atom. The van der Waals surface area contributed by atoms with Crippen molar-refractivity contribution < 1.29 is 4.74 Å². The summed E-state index contributed by atoms with van der Waals surface area (Å²) in [5.41, 5.74) is 1.99. The van der Waals surface area contributed by atoms with Gasteiger partial charge < -0.3 is 9.30 Å². The molecule has 0 radical (unpaired) electrons. The summed E-state index contributed by atoms with van der Waals surface area (Å²) in [6, 6.07) is 5.81. The molecule has 0 bridgehead atoms. The molecule has 4 nitrogen and oxygen atoms in total. The number of thioether (sulfide) groups is 1. The largest absolute Gasteiger partial charge is 0.383 e. The molecule has 1 atom stereocenters. The minimum absolute atomic E-state index is 0.258. The van der Waals surface area contributed by atoms with Crippen molar-refractivity contribution in [1.82, 2.24) is 14.5 Å². The molecular formula is C15H16ClN3OS2. The van der Waals surface area contributed by atoms with Crippen LogP contribution in [0.4, 0.5) is 0 Å². The molecule has 1 unspecified atom stereocenters. The number of hydrogen-bond acceptors (Lipinski definition) is 5. The molecule has 22 heavy (non-hydrogen) atoms. The van der Waals surface area contributed by atoms with Crippen LogP contribution in [-0.4, -0.2) is 28.3 Å². The highest BCUT2D eigenvalue weighted by molar-refractivity contribution is 7.99. The Bertz CT molecular complexity index is 758. The molecule has 7 heteroatoms. The summed E-state index contributed by atoms with van der Waals surface area (Å²) in [4.78, 5) is 9.13. The molecule has 0 saturated heterocycles. The zero-order valence-electron chi connectivity index (χ0n) is 12.3. The highest BCUT2D eigenvalue weighted by Gasteiger charge is 2.17. The number of ether oxygens (including phenoxy) is 1. The molecule has 116 valence electrons. The van der Waals surface area contributed by atoms with Gasteiger partial charge in [-0.1, -0.05) is 23.4 Å². The van der Waals surface area contributed by atoms with Gasteiger partial charge in [0, 0.05) is 30.3 Å². The van der Waals surface area contributed by atoms with E-state index in [1.165, 1.54) is 0 Å². The van der Waals surface area contributed by atoms with Crippen molar-refractivity contribution in [3.63, 3.8) is 0 Å². The summed E-state index contributed by atoms with van der Waals surface area (Å²) in [5, 5.41) is 5.03. The first-order valence-electron chi connectivity index (χ1n) is 6.90. The van der Waals surface area contributed by atoms with Gasteiger partial charge in [0.1, 0.15) is 5.01 Å². The molecule has 3 rings (SSSR count). The molecule has 1 aromatic carbocycles. The van der Waals surface area contributed by atoms with E-state index in [4.69, 9.17) is 21.3 Å². The van der Waals surface area contributed by atoms with Crippen molar-refractivity contribution in [3.05, 3.63) is 39.8 Å². The Balaban J connectivity index is 1.96. The number of methoxy groups -OCH3 is 1. The zero-order chi connectivity index (χ0) is 15.5. The molecule has 2 heterocycles.